The minimum atomic E-state index is -0.139. The van der Waals surface area contributed by atoms with Gasteiger partial charge in [-0.25, -0.2) is 4.98 Å². The van der Waals surface area contributed by atoms with Crippen LogP contribution in [-0.2, 0) is 0 Å². The standard InChI is InChI=1S/C12H10ClNO3S/c1-16-8-4-3-7(5-9(8)17-2)12-14-10(13)6-11(15)18-12/h3-6H,1-2H3. The van der Waals surface area contributed by atoms with Crippen LogP contribution >= 0.6 is 22.9 Å². The van der Waals surface area contributed by atoms with Gasteiger partial charge in [0.1, 0.15) is 10.2 Å². The average molecular weight is 284 g/mol. The minimum Gasteiger partial charge on any atom is -0.493 e. The van der Waals surface area contributed by atoms with E-state index in [0.717, 1.165) is 16.9 Å². The highest BCUT2D eigenvalue weighted by molar-refractivity contribution is 7.12. The summed E-state index contributed by atoms with van der Waals surface area (Å²) in [5.74, 6) is 1.20. The van der Waals surface area contributed by atoms with E-state index < -0.39 is 0 Å². The Hall–Kier alpha value is -1.59. The van der Waals surface area contributed by atoms with Gasteiger partial charge in [0.25, 0.3) is 0 Å². The highest BCUT2D eigenvalue weighted by Crippen LogP contribution is 2.32. The molecule has 0 atom stereocenters. The molecule has 0 radical (unpaired) electrons. The normalized spacial score (nSPS) is 10.2. The summed E-state index contributed by atoms with van der Waals surface area (Å²) in [7, 11) is 3.11. The molecule has 1 aromatic heterocycles. The molecule has 0 bridgehead atoms. The summed E-state index contributed by atoms with van der Waals surface area (Å²) in [5, 5.41) is 0.733. The van der Waals surface area contributed by atoms with Gasteiger partial charge in [-0.3, -0.25) is 4.79 Å². The molecule has 0 saturated carbocycles. The van der Waals surface area contributed by atoms with Crippen LogP contribution in [-0.4, -0.2) is 19.2 Å². The van der Waals surface area contributed by atoms with Crippen LogP contribution in [0.1, 0.15) is 0 Å². The Morgan fingerprint density at radius 2 is 1.89 bits per heavy atom. The number of hydrogen-bond donors (Lipinski definition) is 0. The molecule has 1 aromatic carbocycles. The summed E-state index contributed by atoms with van der Waals surface area (Å²) in [5.41, 5.74) is 0.761. The smallest absolute Gasteiger partial charge is 0.237 e. The van der Waals surface area contributed by atoms with Crippen molar-refractivity contribution in [3.8, 4) is 22.1 Å². The molecule has 0 amide bonds. The van der Waals surface area contributed by atoms with Gasteiger partial charge in [-0.2, -0.15) is 0 Å². The van der Waals surface area contributed by atoms with Gasteiger partial charge in [-0.05, 0) is 18.2 Å². The van der Waals surface area contributed by atoms with Crippen molar-refractivity contribution < 1.29 is 9.47 Å². The van der Waals surface area contributed by atoms with Crippen molar-refractivity contribution >= 4 is 22.9 Å². The lowest BCUT2D eigenvalue weighted by Crippen LogP contribution is -1.96. The predicted molar refractivity (Wildman–Crippen MR) is 71.9 cm³/mol. The Morgan fingerprint density at radius 3 is 2.50 bits per heavy atom. The molecule has 1 heterocycles. The fourth-order valence-corrected chi connectivity index (χ4v) is 2.52. The van der Waals surface area contributed by atoms with E-state index in [9.17, 15) is 4.79 Å². The lowest BCUT2D eigenvalue weighted by atomic mass is 10.2. The van der Waals surface area contributed by atoms with Crippen molar-refractivity contribution in [3.05, 3.63) is 39.0 Å². The lowest BCUT2D eigenvalue weighted by molar-refractivity contribution is 0.355. The molecule has 0 fully saturated rings. The highest BCUT2D eigenvalue weighted by Gasteiger charge is 2.09. The minimum absolute atomic E-state index is 0.139. The van der Waals surface area contributed by atoms with E-state index in [4.69, 9.17) is 21.1 Å². The maximum absolute atomic E-state index is 11.4. The van der Waals surface area contributed by atoms with Crippen LogP contribution in [0.25, 0.3) is 10.6 Å². The molecular formula is C12H10ClNO3S. The highest BCUT2D eigenvalue weighted by atomic mass is 35.5. The summed E-state index contributed by atoms with van der Waals surface area (Å²) in [6.45, 7) is 0. The van der Waals surface area contributed by atoms with Crippen LogP contribution in [0.3, 0.4) is 0 Å². The lowest BCUT2D eigenvalue weighted by Gasteiger charge is -2.08. The van der Waals surface area contributed by atoms with E-state index in [1.54, 1.807) is 32.4 Å². The summed E-state index contributed by atoms with van der Waals surface area (Å²) in [4.78, 5) is 15.5. The summed E-state index contributed by atoms with van der Waals surface area (Å²) in [6.07, 6.45) is 0. The van der Waals surface area contributed by atoms with Crippen molar-refractivity contribution in [1.29, 1.82) is 0 Å². The van der Waals surface area contributed by atoms with Crippen LogP contribution in [0.4, 0.5) is 0 Å². The third kappa shape index (κ3) is 2.63. The van der Waals surface area contributed by atoms with E-state index in [0.29, 0.717) is 16.5 Å². The van der Waals surface area contributed by atoms with Crippen molar-refractivity contribution in [3.63, 3.8) is 0 Å². The van der Waals surface area contributed by atoms with Crippen LogP contribution in [0, 0.1) is 0 Å². The molecule has 2 rings (SSSR count). The quantitative estimate of drug-likeness (QED) is 0.869. The molecule has 6 heteroatoms. The maximum atomic E-state index is 11.4. The van der Waals surface area contributed by atoms with Crippen LogP contribution in [0.2, 0.25) is 5.15 Å². The molecular weight excluding hydrogens is 274 g/mol. The largest absolute Gasteiger partial charge is 0.493 e. The molecule has 0 N–H and O–H groups in total. The van der Waals surface area contributed by atoms with Crippen molar-refractivity contribution in [2.45, 2.75) is 0 Å². The Morgan fingerprint density at radius 1 is 1.17 bits per heavy atom. The molecule has 0 aliphatic heterocycles. The zero-order valence-corrected chi connectivity index (χ0v) is 11.3. The molecule has 94 valence electrons. The van der Waals surface area contributed by atoms with Gasteiger partial charge >= 0.3 is 0 Å². The molecule has 2 aromatic rings. The van der Waals surface area contributed by atoms with E-state index in [-0.39, 0.29) is 9.90 Å². The number of nitrogens with zero attached hydrogens (tertiary/aromatic N) is 1. The second kappa shape index (κ2) is 5.37. The average Bonchev–Trinajstić information content (AvgIpc) is 2.36. The van der Waals surface area contributed by atoms with Gasteiger partial charge in [0.2, 0.25) is 4.74 Å². The van der Waals surface area contributed by atoms with Crippen LogP contribution in [0.15, 0.2) is 29.1 Å². The van der Waals surface area contributed by atoms with Crippen molar-refractivity contribution in [2.75, 3.05) is 14.2 Å². The van der Waals surface area contributed by atoms with Gasteiger partial charge in [-0.15, -0.1) is 0 Å². The Bertz CT molecular complexity index is 627. The zero-order valence-electron chi connectivity index (χ0n) is 9.77. The van der Waals surface area contributed by atoms with Gasteiger partial charge in [-0.1, -0.05) is 22.9 Å². The van der Waals surface area contributed by atoms with E-state index in [1.165, 1.54) is 6.07 Å². The first kappa shape index (κ1) is 12.9. The van der Waals surface area contributed by atoms with Crippen LogP contribution in [0.5, 0.6) is 11.5 Å². The third-order valence-electron chi connectivity index (χ3n) is 2.27. The Balaban J connectivity index is 2.54. The summed E-state index contributed by atoms with van der Waals surface area (Å²) in [6, 6.07) is 6.60. The number of benzene rings is 1. The van der Waals surface area contributed by atoms with E-state index >= 15 is 0 Å². The summed E-state index contributed by atoms with van der Waals surface area (Å²) >= 11 is 6.80. The fraction of sp³-hybridized carbons (Fsp3) is 0.167. The molecule has 4 nitrogen and oxygen atoms in total. The Labute approximate surface area is 113 Å². The monoisotopic (exact) mass is 283 g/mol. The fourth-order valence-electron chi connectivity index (χ4n) is 1.47. The van der Waals surface area contributed by atoms with Gasteiger partial charge < -0.3 is 9.47 Å². The summed E-state index contributed by atoms with van der Waals surface area (Å²) < 4.78 is 10.2. The molecule has 0 aliphatic carbocycles. The Kier molecular flexibility index (Phi) is 3.84. The third-order valence-corrected chi connectivity index (χ3v) is 3.31. The number of ether oxygens (including phenoxy) is 2. The number of aromatic nitrogens is 1. The topological polar surface area (TPSA) is 48.4 Å². The number of halogens is 1. The predicted octanol–water partition coefficient (Wildman–Crippen LogP) is 2.84. The molecule has 0 unspecified atom stereocenters. The second-order valence-corrected chi connectivity index (χ2v) is 4.76. The first-order chi connectivity index (χ1) is 8.63. The van der Waals surface area contributed by atoms with Crippen LogP contribution < -0.4 is 14.2 Å². The first-order valence-corrected chi connectivity index (χ1v) is 6.23. The number of methoxy groups -OCH3 is 2. The van der Waals surface area contributed by atoms with E-state index in [2.05, 4.69) is 4.98 Å². The number of hydrogen-bond acceptors (Lipinski definition) is 5. The van der Waals surface area contributed by atoms with Crippen molar-refractivity contribution in [2.24, 2.45) is 0 Å². The van der Waals surface area contributed by atoms with Crippen molar-refractivity contribution in [1.82, 2.24) is 4.98 Å². The second-order valence-electron chi connectivity index (χ2n) is 3.37. The molecule has 0 saturated heterocycles. The number of rotatable bonds is 3. The van der Waals surface area contributed by atoms with E-state index in [1.807, 2.05) is 0 Å². The maximum Gasteiger partial charge on any atom is 0.237 e. The molecule has 0 aliphatic rings. The first-order valence-electron chi connectivity index (χ1n) is 5.04. The van der Waals surface area contributed by atoms with Gasteiger partial charge in [0.15, 0.2) is 11.5 Å². The molecule has 18 heavy (non-hydrogen) atoms. The molecule has 0 spiro atoms. The SMILES string of the molecule is COc1ccc(-c2nc(Cl)cc(=O)s2)cc1OC. The van der Waals surface area contributed by atoms with Gasteiger partial charge in [0, 0.05) is 11.6 Å². The van der Waals surface area contributed by atoms with Gasteiger partial charge in [0.05, 0.1) is 14.2 Å². The zero-order chi connectivity index (χ0) is 13.1.